The van der Waals surface area contributed by atoms with Crippen molar-refractivity contribution < 1.29 is 46.4 Å². The van der Waals surface area contributed by atoms with E-state index in [1.54, 1.807) is 0 Å². The van der Waals surface area contributed by atoms with Crippen LogP contribution in [-0.4, -0.2) is 7.11 Å². The summed E-state index contributed by atoms with van der Waals surface area (Å²) in [6.45, 7) is 9.20. The molecule has 1 nitrogen and oxygen atoms in total. The molecular formula is C21H25Cl2OTi. The third kappa shape index (κ3) is 4.41. The van der Waals surface area contributed by atoms with Crippen LogP contribution in [0.5, 0.6) is 0 Å². The van der Waals surface area contributed by atoms with Crippen molar-refractivity contribution in [2.75, 3.05) is 7.11 Å². The summed E-state index contributed by atoms with van der Waals surface area (Å²) in [5, 5.41) is 2.70. The number of rotatable bonds is 3. The van der Waals surface area contributed by atoms with E-state index in [-0.39, 0.29) is 28.5 Å². The zero-order chi connectivity index (χ0) is 16.6. The molecule has 0 fully saturated rings. The fourth-order valence-corrected chi connectivity index (χ4v) is 7.42. The van der Waals surface area contributed by atoms with E-state index < -0.39 is 18.3 Å². The molecule has 133 valence electrons. The Morgan fingerprint density at radius 1 is 1.00 bits per heavy atom. The molecule has 0 bridgehead atoms. The van der Waals surface area contributed by atoms with Crippen LogP contribution in [0.2, 0.25) is 3.72 Å². The number of benzene rings is 2. The van der Waals surface area contributed by atoms with Crippen molar-refractivity contribution >= 4 is 20.2 Å². The number of hydrogen-bond donors (Lipinski definition) is 0. The van der Waals surface area contributed by atoms with Crippen LogP contribution >= 0.6 is 0 Å². The van der Waals surface area contributed by atoms with Crippen molar-refractivity contribution in [3.63, 3.8) is 0 Å². The summed E-state index contributed by atoms with van der Waals surface area (Å²) >= 11 is -1.93. The quantitative estimate of drug-likeness (QED) is 0.625. The molecule has 0 saturated carbocycles. The normalized spacial score (nSPS) is 13.6. The molecule has 0 saturated heterocycles. The smallest absolute Gasteiger partial charge is 1.00 e. The fraction of sp³-hybridized carbons (Fsp3) is 0.333. The third-order valence-electron chi connectivity index (χ3n) is 4.53. The van der Waals surface area contributed by atoms with Gasteiger partial charge in [-0.15, -0.1) is 0 Å². The topological polar surface area (TPSA) is 9.23 Å². The fourth-order valence-electron chi connectivity index (χ4n) is 3.49. The van der Waals surface area contributed by atoms with Crippen LogP contribution in [-0.2, 0) is 21.6 Å². The van der Waals surface area contributed by atoms with Crippen LogP contribution in [0.3, 0.4) is 0 Å². The minimum absolute atomic E-state index is 0. The van der Waals surface area contributed by atoms with Crippen LogP contribution < -0.4 is 28.7 Å². The Morgan fingerprint density at radius 2 is 1.68 bits per heavy atom. The van der Waals surface area contributed by atoms with Gasteiger partial charge in [-0.05, 0) is 0 Å². The van der Waals surface area contributed by atoms with Gasteiger partial charge in [-0.2, -0.15) is 0 Å². The van der Waals surface area contributed by atoms with Crippen LogP contribution in [0.25, 0.3) is 16.3 Å². The van der Waals surface area contributed by atoms with Crippen LogP contribution in [0.15, 0.2) is 54.1 Å². The van der Waals surface area contributed by atoms with Crippen molar-refractivity contribution in [3.05, 3.63) is 59.7 Å². The zero-order valence-electron chi connectivity index (χ0n) is 15.5. The predicted molar refractivity (Wildman–Crippen MR) is 96.7 cm³/mol. The van der Waals surface area contributed by atoms with E-state index in [9.17, 15) is 0 Å². The summed E-state index contributed by atoms with van der Waals surface area (Å²) in [5.74, 6) is 0. The molecule has 1 aliphatic rings. The molecule has 0 heterocycles. The van der Waals surface area contributed by atoms with Crippen LogP contribution in [0.4, 0.5) is 0 Å². The monoisotopic (exact) mass is 411 g/mol. The molecule has 25 heavy (non-hydrogen) atoms. The molecule has 2 aromatic carbocycles. The second-order valence-electron chi connectivity index (χ2n) is 7.26. The Hall–Kier alpha value is -0.566. The first-order chi connectivity index (χ1) is 10.9. The standard InChI is InChI=1S/C16H13.C4H9.CH3O.2ClH.Ti/c1-12-5-4-8-16(12)15-10-9-13-6-2-3-7-14(13)11-15;1-4(2)3;1-2;;;/h2-7,9-10H,8H2,1H3;1-3H3;1H3;2*1H;/q;;-1;;;+3/p-2. The van der Waals surface area contributed by atoms with Gasteiger partial charge >= 0.3 is 146 Å². The van der Waals surface area contributed by atoms with E-state index in [0.717, 1.165) is 6.42 Å². The van der Waals surface area contributed by atoms with Gasteiger partial charge in [-0.1, -0.05) is 0 Å². The SMILES string of the molecule is C[O][Ti+2]([c]1c(C2=C(C)C=CC2)ccc2ccccc12)[C](C)(C)C.[Cl-].[Cl-]. The van der Waals surface area contributed by atoms with Gasteiger partial charge in [0.2, 0.25) is 0 Å². The number of hydrogen-bond acceptors (Lipinski definition) is 1. The second-order valence-corrected chi connectivity index (χ2v) is 12.0. The third-order valence-corrected chi connectivity index (χ3v) is 8.85. The largest absolute Gasteiger partial charge is 1.00 e. The molecule has 0 aliphatic heterocycles. The van der Waals surface area contributed by atoms with Gasteiger partial charge in [0.25, 0.3) is 0 Å². The summed E-state index contributed by atoms with van der Waals surface area (Å²) in [5.41, 5.74) is 4.28. The molecule has 0 radical (unpaired) electrons. The maximum Gasteiger partial charge on any atom is -1.00 e. The first-order valence-electron chi connectivity index (χ1n) is 8.23. The minimum atomic E-state index is -1.93. The summed E-state index contributed by atoms with van der Waals surface area (Å²) in [6.07, 6.45) is 5.56. The minimum Gasteiger partial charge on any atom is -1.00 e. The molecule has 0 atom stereocenters. The Labute approximate surface area is 170 Å². The van der Waals surface area contributed by atoms with Crippen LogP contribution in [0.1, 0.15) is 39.7 Å². The molecule has 2 aromatic rings. The molecule has 0 aromatic heterocycles. The molecule has 0 amide bonds. The number of halogens is 2. The summed E-state index contributed by atoms with van der Waals surface area (Å²) < 4.78 is 7.87. The van der Waals surface area contributed by atoms with Gasteiger partial charge < -0.3 is 24.8 Å². The van der Waals surface area contributed by atoms with Gasteiger partial charge in [-0.25, -0.2) is 0 Å². The Balaban J connectivity index is 0.00000156. The summed E-state index contributed by atoms with van der Waals surface area (Å²) in [7, 11) is 1.90. The number of allylic oxidation sites excluding steroid dienone is 4. The predicted octanol–water partition coefficient (Wildman–Crippen LogP) is -0.395. The average Bonchev–Trinajstić information content (AvgIpc) is 2.93. The zero-order valence-corrected chi connectivity index (χ0v) is 18.6. The Kier molecular flexibility index (Phi) is 7.99. The molecule has 3 rings (SSSR count). The van der Waals surface area contributed by atoms with Gasteiger partial charge in [-0.3, -0.25) is 0 Å². The first-order valence-corrected chi connectivity index (χ1v) is 10.4. The molecular weight excluding hydrogens is 387 g/mol. The van der Waals surface area contributed by atoms with Crippen molar-refractivity contribution in [3.8, 4) is 0 Å². The van der Waals surface area contributed by atoms with E-state index in [2.05, 4.69) is 76.2 Å². The van der Waals surface area contributed by atoms with Crippen molar-refractivity contribution in [1.82, 2.24) is 0 Å². The van der Waals surface area contributed by atoms with Gasteiger partial charge in [0, 0.05) is 0 Å². The molecule has 0 N–H and O–H groups in total. The van der Waals surface area contributed by atoms with Crippen molar-refractivity contribution in [2.24, 2.45) is 0 Å². The molecule has 4 heteroatoms. The Morgan fingerprint density at radius 3 is 2.24 bits per heavy atom. The first kappa shape index (κ1) is 22.5. The average molecular weight is 412 g/mol. The van der Waals surface area contributed by atoms with Gasteiger partial charge in [0.1, 0.15) is 0 Å². The number of fused-ring (bicyclic) bond motifs is 1. The maximum atomic E-state index is 6.17. The molecule has 1 aliphatic carbocycles. The molecule has 0 spiro atoms. The summed E-state index contributed by atoms with van der Waals surface area (Å²) in [4.78, 5) is 0. The van der Waals surface area contributed by atoms with E-state index in [1.807, 2.05) is 7.11 Å². The van der Waals surface area contributed by atoms with E-state index in [1.165, 1.54) is 31.4 Å². The summed E-state index contributed by atoms with van der Waals surface area (Å²) in [6, 6.07) is 13.3. The Bertz CT molecular complexity index is 803. The van der Waals surface area contributed by atoms with E-state index >= 15 is 0 Å². The van der Waals surface area contributed by atoms with Gasteiger partial charge in [0.05, 0.1) is 0 Å². The van der Waals surface area contributed by atoms with E-state index in [0.29, 0.717) is 0 Å². The molecule has 0 unspecified atom stereocenters. The van der Waals surface area contributed by atoms with Crippen molar-refractivity contribution in [1.29, 1.82) is 0 Å². The van der Waals surface area contributed by atoms with Crippen LogP contribution in [0, 0.1) is 0 Å². The maximum absolute atomic E-state index is 6.17. The second kappa shape index (κ2) is 8.88. The van der Waals surface area contributed by atoms with Crippen molar-refractivity contribution in [2.45, 2.75) is 37.8 Å². The van der Waals surface area contributed by atoms with Gasteiger partial charge in [0.15, 0.2) is 0 Å². The van der Waals surface area contributed by atoms with E-state index in [4.69, 9.17) is 3.32 Å².